The van der Waals surface area contributed by atoms with E-state index in [4.69, 9.17) is 5.41 Å². The van der Waals surface area contributed by atoms with E-state index in [0.29, 0.717) is 17.9 Å². The van der Waals surface area contributed by atoms with Crippen molar-refractivity contribution < 1.29 is 4.79 Å². The molecule has 0 bridgehead atoms. The van der Waals surface area contributed by atoms with E-state index in [1.165, 1.54) is 0 Å². The number of aryl methyl sites for hydroxylation is 2. The Morgan fingerprint density at radius 3 is 2.84 bits per heavy atom. The fourth-order valence-corrected chi connectivity index (χ4v) is 3.36. The van der Waals surface area contributed by atoms with E-state index in [1.807, 2.05) is 37.3 Å². The van der Waals surface area contributed by atoms with Crippen molar-refractivity contribution in [2.75, 3.05) is 0 Å². The zero-order valence-electron chi connectivity index (χ0n) is 14.2. The van der Waals surface area contributed by atoms with Crippen LogP contribution in [0.2, 0.25) is 0 Å². The van der Waals surface area contributed by atoms with Gasteiger partial charge in [0.25, 0.3) is 5.91 Å². The van der Waals surface area contributed by atoms with Gasteiger partial charge >= 0.3 is 0 Å². The van der Waals surface area contributed by atoms with Crippen LogP contribution in [-0.2, 0) is 13.1 Å². The van der Waals surface area contributed by atoms with Gasteiger partial charge in [-0.15, -0.1) is 0 Å². The molecule has 1 aliphatic heterocycles. The highest BCUT2D eigenvalue weighted by Crippen LogP contribution is 2.21. The van der Waals surface area contributed by atoms with E-state index in [-0.39, 0.29) is 5.91 Å². The summed E-state index contributed by atoms with van der Waals surface area (Å²) in [5.74, 6) is 1.02. The van der Waals surface area contributed by atoms with Gasteiger partial charge in [0.15, 0.2) is 0 Å². The van der Waals surface area contributed by atoms with Gasteiger partial charge in [-0.2, -0.15) is 0 Å². The maximum Gasteiger partial charge on any atom is 0.269 e. The summed E-state index contributed by atoms with van der Waals surface area (Å²) < 4.78 is 2.11. The van der Waals surface area contributed by atoms with Crippen LogP contribution in [0, 0.1) is 12.3 Å². The number of hydrogen-bond donors (Lipinski definition) is 2. The molecule has 1 aliphatic rings. The molecule has 0 radical (unpaired) electrons. The molecular formula is C19H19N5O. The summed E-state index contributed by atoms with van der Waals surface area (Å²) >= 11 is 0. The van der Waals surface area contributed by atoms with Crippen molar-refractivity contribution >= 4 is 22.8 Å². The predicted molar refractivity (Wildman–Crippen MR) is 96.4 cm³/mol. The molecule has 2 aromatic carbocycles. The minimum atomic E-state index is -0.233. The highest BCUT2D eigenvalue weighted by molar-refractivity contribution is 6.03. The fourth-order valence-electron chi connectivity index (χ4n) is 3.36. The van der Waals surface area contributed by atoms with Crippen LogP contribution in [0.5, 0.6) is 0 Å². The zero-order valence-corrected chi connectivity index (χ0v) is 14.2. The molecule has 2 N–H and O–H groups in total. The molecule has 1 aromatic heterocycles. The molecule has 3 aromatic rings. The Bertz CT molecular complexity index is 1000. The quantitative estimate of drug-likeness (QED) is 0.774. The first-order valence-corrected chi connectivity index (χ1v) is 8.30. The van der Waals surface area contributed by atoms with Crippen LogP contribution in [0.3, 0.4) is 0 Å². The lowest BCUT2D eigenvalue weighted by molar-refractivity contribution is 0.0869. The number of carbonyl (C=O) groups is 1. The Morgan fingerprint density at radius 1 is 1.28 bits per heavy atom. The van der Waals surface area contributed by atoms with Gasteiger partial charge in [0.2, 0.25) is 0 Å². The summed E-state index contributed by atoms with van der Waals surface area (Å²) in [7, 11) is 0. The van der Waals surface area contributed by atoms with Crippen molar-refractivity contribution in [3.8, 4) is 0 Å². The Balaban J connectivity index is 1.58. The van der Waals surface area contributed by atoms with Gasteiger partial charge < -0.3 is 4.57 Å². The van der Waals surface area contributed by atoms with Crippen molar-refractivity contribution in [2.24, 2.45) is 0 Å². The number of hydrazine groups is 1. The van der Waals surface area contributed by atoms with E-state index in [9.17, 15) is 4.79 Å². The van der Waals surface area contributed by atoms with Crippen molar-refractivity contribution in [3.63, 3.8) is 0 Å². The first-order chi connectivity index (χ1) is 12.1. The Morgan fingerprint density at radius 2 is 2.08 bits per heavy atom. The number of imidazole rings is 1. The monoisotopic (exact) mass is 333 g/mol. The zero-order chi connectivity index (χ0) is 17.6. The van der Waals surface area contributed by atoms with Gasteiger partial charge in [0, 0.05) is 17.7 Å². The molecule has 126 valence electrons. The van der Waals surface area contributed by atoms with Gasteiger partial charge in [-0.1, -0.05) is 24.3 Å². The number of nitrogens with one attached hydrogen (secondary N) is 2. The van der Waals surface area contributed by atoms with Crippen LogP contribution < -0.4 is 5.43 Å². The summed E-state index contributed by atoms with van der Waals surface area (Å²) in [6.45, 7) is 5.39. The van der Waals surface area contributed by atoms with E-state index in [1.54, 1.807) is 17.1 Å². The molecular weight excluding hydrogens is 314 g/mol. The van der Waals surface area contributed by atoms with Crippen LogP contribution in [-0.4, -0.2) is 26.3 Å². The third-order valence-corrected chi connectivity index (χ3v) is 4.62. The van der Waals surface area contributed by atoms with E-state index in [0.717, 1.165) is 34.5 Å². The summed E-state index contributed by atoms with van der Waals surface area (Å²) in [6.07, 6.45) is 0. The molecule has 0 saturated heterocycles. The molecule has 25 heavy (non-hydrogen) atoms. The average molecular weight is 333 g/mol. The molecule has 6 heteroatoms. The molecule has 0 spiro atoms. The molecule has 2 heterocycles. The van der Waals surface area contributed by atoms with Crippen molar-refractivity contribution in [3.05, 3.63) is 65.0 Å². The minimum Gasteiger partial charge on any atom is -0.329 e. The van der Waals surface area contributed by atoms with Crippen LogP contribution in [0.25, 0.3) is 11.0 Å². The number of amides is 1. The first-order valence-electron chi connectivity index (χ1n) is 8.30. The fraction of sp³-hybridized carbons (Fsp3) is 0.211. The van der Waals surface area contributed by atoms with Gasteiger partial charge in [-0.25, -0.2) is 4.98 Å². The van der Waals surface area contributed by atoms with Gasteiger partial charge in [0.1, 0.15) is 11.7 Å². The van der Waals surface area contributed by atoms with Crippen LogP contribution in [0.1, 0.15) is 34.2 Å². The van der Waals surface area contributed by atoms with Crippen LogP contribution >= 0.6 is 0 Å². The van der Waals surface area contributed by atoms with Crippen LogP contribution in [0.15, 0.2) is 42.5 Å². The van der Waals surface area contributed by atoms with Crippen molar-refractivity contribution in [1.29, 1.82) is 5.41 Å². The van der Waals surface area contributed by atoms with Gasteiger partial charge in [-0.05, 0) is 37.6 Å². The summed E-state index contributed by atoms with van der Waals surface area (Å²) in [6, 6.07) is 13.3. The van der Waals surface area contributed by atoms with E-state index in [2.05, 4.69) is 21.9 Å². The SMILES string of the molecule is CCn1c(C)nc2cc(C(=O)NN3Cc4ccccc4C3=N)ccc21. The lowest BCUT2D eigenvalue weighted by Crippen LogP contribution is -2.42. The molecule has 0 unspecified atom stereocenters. The number of carbonyl (C=O) groups excluding carboxylic acids is 1. The molecule has 1 amide bonds. The predicted octanol–water partition coefficient (Wildman–Crippen LogP) is 2.85. The van der Waals surface area contributed by atoms with Crippen molar-refractivity contribution in [1.82, 2.24) is 20.0 Å². The normalized spacial score (nSPS) is 13.4. The highest BCUT2D eigenvalue weighted by Gasteiger charge is 2.25. The molecule has 6 nitrogen and oxygen atoms in total. The molecule has 0 atom stereocenters. The maximum atomic E-state index is 12.6. The number of aromatic nitrogens is 2. The standard InChI is InChI=1S/C19H19N5O/c1-3-23-12(2)21-16-10-13(8-9-17(16)23)19(25)22-24-11-14-6-4-5-7-15(14)18(24)20/h4-10,20H,3,11H2,1-2H3,(H,22,25). The second-order valence-corrected chi connectivity index (χ2v) is 6.14. The third-order valence-electron chi connectivity index (χ3n) is 4.62. The van der Waals surface area contributed by atoms with Gasteiger partial charge in [0.05, 0.1) is 17.6 Å². The lowest BCUT2D eigenvalue weighted by atomic mass is 10.1. The molecule has 0 aliphatic carbocycles. The molecule has 0 saturated carbocycles. The topological polar surface area (TPSA) is 74.0 Å². The van der Waals surface area contributed by atoms with Gasteiger partial charge in [-0.3, -0.25) is 20.6 Å². The number of hydrogen-bond acceptors (Lipinski definition) is 3. The summed E-state index contributed by atoms with van der Waals surface area (Å²) in [5, 5.41) is 9.80. The Kier molecular flexibility index (Phi) is 3.53. The smallest absolute Gasteiger partial charge is 0.269 e. The number of amidine groups is 1. The second-order valence-electron chi connectivity index (χ2n) is 6.14. The second kappa shape index (κ2) is 5.73. The number of nitrogens with zero attached hydrogens (tertiary/aromatic N) is 3. The summed E-state index contributed by atoms with van der Waals surface area (Å²) in [4.78, 5) is 17.2. The minimum absolute atomic E-state index is 0.233. The average Bonchev–Trinajstić information content (AvgIpc) is 3.10. The maximum absolute atomic E-state index is 12.6. The Labute approximate surface area is 145 Å². The van der Waals surface area contributed by atoms with E-state index >= 15 is 0 Å². The highest BCUT2D eigenvalue weighted by atomic mass is 16.2. The van der Waals surface area contributed by atoms with Crippen LogP contribution in [0.4, 0.5) is 0 Å². The summed E-state index contributed by atoms with van der Waals surface area (Å²) in [5.41, 5.74) is 7.10. The first kappa shape index (κ1) is 15.4. The largest absolute Gasteiger partial charge is 0.329 e. The molecule has 4 rings (SSSR count). The molecule has 0 fully saturated rings. The number of rotatable bonds is 3. The Hall–Kier alpha value is -3.15. The number of benzene rings is 2. The lowest BCUT2D eigenvalue weighted by Gasteiger charge is -2.19. The number of fused-ring (bicyclic) bond motifs is 2. The van der Waals surface area contributed by atoms with Crippen molar-refractivity contribution in [2.45, 2.75) is 26.9 Å². The third kappa shape index (κ3) is 2.46. The van der Waals surface area contributed by atoms with E-state index < -0.39 is 0 Å².